The fourth-order valence-electron chi connectivity index (χ4n) is 2.23. The van der Waals surface area contributed by atoms with Crippen molar-refractivity contribution in [1.82, 2.24) is 9.97 Å². The number of hydrogen-bond donors (Lipinski definition) is 1. The van der Waals surface area contributed by atoms with Gasteiger partial charge in [-0.05, 0) is 48.7 Å². The van der Waals surface area contributed by atoms with Gasteiger partial charge in [-0.2, -0.15) is 5.10 Å². The number of hydrogen-bond acceptors (Lipinski definition) is 3. The molecule has 0 saturated heterocycles. The Morgan fingerprint density at radius 3 is 2.79 bits per heavy atom. The zero-order chi connectivity index (χ0) is 16.9. The minimum atomic E-state index is -0.355. The highest BCUT2D eigenvalue weighted by atomic mass is 19.1. The van der Waals surface area contributed by atoms with E-state index in [9.17, 15) is 4.39 Å². The third-order valence-corrected chi connectivity index (χ3v) is 3.46. The molecule has 2 heterocycles. The molecule has 0 fully saturated rings. The van der Waals surface area contributed by atoms with Crippen molar-refractivity contribution in [3.8, 4) is 11.8 Å². The fourth-order valence-corrected chi connectivity index (χ4v) is 2.23. The molecule has 0 aliphatic rings. The summed E-state index contributed by atoms with van der Waals surface area (Å²) in [6.07, 6.45) is 3.95. The van der Waals surface area contributed by atoms with E-state index in [-0.39, 0.29) is 5.82 Å². The fraction of sp³-hybridized carbons (Fsp3) is 0.158. The van der Waals surface area contributed by atoms with E-state index in [0.717, 1.165) is 17.7 Å². The Kier molecular flexibility index (Phi) is 4.57. The SMILES string of the molecule is CC/C=N\N(C)c1ccc(C#Cc2cc3cc(F)cnc3[nH]2)cc1. The molecule has 0 aliphatic heterocycles. The molecule has 1 aromatic carbocycles. The van der Waals surface area contributed by atoms with E-state index in [1.807, 2.05) is 49.5 Å². The number of nitrogens with zero attached hydrogens (tertiary/aromatic N) is 3. The lowest BCUT2D eigenvalue weighted by Gasteiger charge is -2.12. The Morgan fingerprint density at radius 2 is 2.04 bits per heavy atom. The van der Waals surface area contributed by atoms with Crippen LogP contribution in [0.25, 0.3) is 11.0 Å². The van der Waals surface area contributed by atoms with Gasteiger partial charge in [0.25, 0.3) is 0 Å². The summed E-state index contributed by atoms with van der Waals surface area (Å²) < 4.78 is 13.2. The van der Waals surface area contributed by atoms with Crippen LogP contribution in [0.5, 0.6) is 0 Å². The molecule has 0 amide bonds. The number of pyridine rings is 1. The average molecular weight is 320 g/mol. The van der Waals surface area contributed by atoms with Crippen molar-refractivity contribution in [2.24, 2.45) is 5.10 Å². The first-order valence-corrected chi connectivity index (χ1v) is 7.68. The van der Waals surface area contributed by atoms with Crippen LogP contribution in [0.1, 0.15) is 24.6 Å². The number of aromatic nitrogens is 2. The quantitative estimate of drug-likeness (QED) is 0.451. The number of hydrazone groups is 1. The molecule has 5 heteroatoms. The molecule has 4 nitrogen and oxygen atoms in total. The molecule has 0 saturated carbocycles. The van der Waals surface area contributed by atoms with Crippen LogP contribution in [0.4, 0.5) is 10.1 Å². The Hall–Kier alpha value is -3.13. The molecular formula is C19H17FN4. The number of H-pyrrole nitrogens is 1. The van der Waals surface area contributed by atoms with E-state index in [2.05, 4.69) is 26.9 Å². The van der Waals surface area contributed by atoms with Gasteiger partial charge in [-0.15, -0.1) is 0 Å². The summed E-state index contributed by atoms with van der Waals surface area (Å²) >= 11 is 0. The predicted octanol–water partition coefficient (Wildman–Crippen LogP) is 3.93. The molecule has 0 unspecified atom stereocenters. The standard InChI is InChI=1S/C19H17FN4/c1-3-10-22-24(2)18-8-5-14(6-9-18)4-7-17-12-15-11-16(20)13-21-19(15)23-17/h5-6,8-13H,3H2,1-2H3,(H,21,23)/b22-10-. The van der Waals surface area contributed by atoms with Gasteiger partial charge in [-0.1, -0.05) is 12.8 Å². The highest BCUT2D eigenvalue weighted by molar-refractivity contribution is 5.77. The van der Waals surface area contributed by atoms with Crippen molar-refractivity contribution in [2.75, 3.05) is 12.1 Å². The number of halogens is 1. The van der Waals surface area contributed by atoms with Crippen LogP contribution in [0.2, 0.25) is 0 Å². The van der Waals surface area contributed by atoms with E-state index in [1.165, 1.54) is 12.3 Å². The second-order valence-electron chi connectivity index (χ2n) is 5.30. The van der Waals surface area contributed by atoms with Crippen LogP contribution in [0.15, 0.2) is 47.7 Å². The van der Waals surface area contributed by atoms with Gasteiger partial charge in [-0.3, -0.25) is 5.01 Å². The number of anilines is 1. The van der Waals surface area contributed by atoms with Gasteiger partial charge in [0.15, 0.2) is 0 Å². The van der Waals surface area contributed by atoms with Crippen molar-refractivity contribution in [2.45, 2.75) is 13.3 Å². The van der Waals surface area contributed by atoms with E-state index in [4.69, 9.17) is 0 Å². The third kappa shape index (κ3) is 3.61. The topological polar surface area (TPSA) is 44.3 Å². The van der Waals surface area contributed by atoms with Crippen LogP contribution in [0, 0.1) is 17.7 Å². The summed E-state index contributed by atoms with van der Waals surface area (Å²) in [5.74, 6) is 5.77. The van der Waals surface area contributed by atoms with Gasteiger partial charge in [-0.25, -0.2) is 9.37 Å². The number of nitrogens with one attached hydrogen (secondary N) is 1. The van der Waals surface area contributed by atoms with E-state index < -0.39 is 0 Å². The summed E-state index contributed by atoms with van der Waals surface area (Å²) in [6, 6.07) is 11.1. The molecule has 2 aromatic heterocycles. The van der Waals surface area contributed by atoms with Gasteiger partial charge < -0.3 is 4.98 Å². The molecule has 3 rings (SSSR count). The van der Waals surface area contributed by atoms with Crippen molar-refractivity contribution in [1.29, 1.82) is 0 Å². The zero-order valence-corrected chi connectivity index (χ0v) is 13.5. The number of benzene rings is 1. The van der Waals surface area contributed by atoms with Crippen LogP contribution < -0.4 is 5.01 Å². The Bertz CT molecular complexity index is 929. The number of aromatic amines is 1. The lowest BCUT2D eigenvalue weighted by Crippen LogP contribution is -2.08. The maximum Gasteiger partial charge on any atom is 0.142 e. The largest absolute Gasteiger partial charge is 0.333 e. The first-order chi connectivity index (χ1) is 11.7. The van der Waals surface area contributed by atoms with Crippen LogP contribution in [-0.2, 0) is 0 Å². The molecule has 120 valence electrons. The summed E-state index contributed by atoms with van der Waals surface area (Å²) in [6.45, 7) is 2.05. The molecule has 0 spiro atoms. The lowest BCUT2D eigenvalue weighted by atomic mass is 10.2. The molecule has 1 N–H and O–H groups in total. The van der Waals surface area contributed by atoms with Crippen LogP contribution in [0.3, 0.4) is 0 Å². The Labute approximate surface area is 140 Å². The monoisotopic (exact) mass is 320 g/mol. The van der Waals surface area contributed by atoms with Crippen LogP contribution >= 0.6 is 0 Å². The molecule has 0 aliphatic carbocycles. The molecule has 0 radical (unpaired) electrons. The molecule has 0 bridgehead atoms. The summed E-state index contributed by atoms with van der Waals surface area (Å²) in [7, 11) is 1.91. The average Bonchev–Trinajstić information content (AvgIpc) is 3.00. The van der Waals surface area contributed by atoms with Gasteiger partial charge in [0.2, 0.25) is 0 Å². The van der Waals surface area contributed by atoms with Gasteiger partial charge in [0, 0.05) is 24.2 Å². The second-order valence-corrected chi connectivity index (χ2v) is 5.30. The van der Waals surface area contributed by atoms with E-state index in [0.29, 0.717) is 16.7 Å². The van der Waals surface area contributed by atoms with Crippen LogP contribution in [-0.4, -0.2) is 23.2 Å². The predicted molar refractivity (Wildman–Crippen MR) is 95.7 cm³/mol. The minimum absolute atomic E-state index is 0.355. The maximum absolute atomic E-state index is 13.2. The molecule has 24 heavy (non-hydrogen) atoms. The smallest absolute Gasteiger partial charge is 0.142 e. The Morgan fingerprint density at radius 1 is 1.25 bits per heavy atom. The number of fused-ring (bicyclic) bond motifs is 1. The zero-order valence-electron chi connectivity index (χ0n) is 13.5. The van der Waals surface area contributed by atoms with Gasteiger partial charge in [0.05, 0.1) is 17.6 Å². The number of rotatable bonds is 3. The van der Waals surface area contributed by atoms with E-state index >= 15 is 0 Å². The van der Waals surface area contributed by atoms with Gasteiger partial charge >= 0.3 is 0 Å². The highest BCUT2D eigenvalue weighted by Gasteiger charge is 2.01. The normalized spacial score (nSPS) is 10.8. The van der Waals surface area contributed by atoms with E-state index in [1.54, 1.807) is 6.07 Å². The molecule has 3 aromatic rings. The van der Waals surface area contributed by atoms with Crippen molar-refractivity contribution in [3.63, 3.8) is 0 Å². The summed E-state index contributed by atoms with van der Waals surface area (Å²) in [5, 5.41) is 6.83. The first kappa shape index (κ1) is 15.8. The van der Waals surface area contributed by atoms with Gasteiger partial charge in [0.1, 0.15) is 11.5 Å². The minimum Gasteiger partial charge on any atom is -0.333 e. The van der Waals surface area contributed by atoms with Crippen molar-refractivity contribution >= 4 is 22.9 Å². The third-order valence-electron chi connectivity index (χ3n) is 3.46. The summed E-state index contributed by atoms with van der Waals surface area (Å²) in [5.41, 5.74) is 3.23. The molecular weight excluding hydrogens is 303 g/mol. The summed E-state index contributed by atoms with van der Waals surface area (Å²) in [4.78, 5) is 7.06. The second kappa shape index (κ2) is 6.97. The highest BCUT2D eigenvalue weighted by Crippen LogP contribution is 2.15. The first-order valence-electron chi connectivity index (χ1n) is 7.68. The lowest BCUT2D eigenvalue weighted by molar-refractivity contribution is 0.624. The Balaban J connectivity index is 1.78. The molecule has 0 atom stereocenters. The van der Waals surface area contributed by atoms with Crippen molar-refractivity contribution in [3.05, 3.63) is 59.7 Å². The van der Waals surface area contributed by atoms with Crippen molar-refractivity contribution < 1.29 is 4.39 Å². The maximum atomic E-state index is 13.2.